The van der Waals surface area contributed by atoms with Crippen LogP contribution in [0.4, 0.5) is 0 Å². The highest BCUT2D eigenvalue weighted by Crippen LogP contribution is 2.26. The molecule has 0 amide bonds. The van der Waals surface area contributed by atoms with Crippen molar-refractivity contribution in [3.05, 3.63) is 46.4 Å². The minimum Gasteiger partial charge on any atom is -0.423 e. The van der Waals surface area contributed by atoms with Crippen molar-refractivity contribution in [2.45, 2.75) is 6.92 Å². The van der Waals surface area contributed by atoms with Gasteiger partial charge in [0.25, 0.3) is 0 Å². The lowest BCUT2D eigenvalue weighted by atomic mass is 10.1. The standard InChI is InChI=1S/C12H9NO2/c1-7-6-13-9-3-4-10-8(12(7)9)2-5-11(14)15-10/h2-6,13H,1H3. The average Bonchev–Trinajstić information content (AvgIpc) is 2.60. The molecule has 0 fully saturated rings. The fourth-order valence-electron chi connectivity index (χ4n) is 1.95. The molecular formula is C12H9NO2. The normalized spacial score (nSPS) is 11.3. The Morgan fingerprint density at radius 2 is 2.07 bits per heavy atom. The van der Waals surface area contributed by atoms with E-state index >= 15 is 0 Å². The van der Waals surface area contributed by atoms with Crippen LogP contribution in [0.3, 0.4) is 0 Å². The van der Waals surface area contributed by atoms with E-state index in [9.17, 15) is 4.79 Å². The Bertz CT molecular complexity index is 706. The third kappa shape index (κ3) is 1.09. The number of hydrogen-bond acceptors (Lipinski definition) is 2. The lowest BCUT2D eigenvalue weighted by Gasteiger charge is -1.98. The number of nitrogens with one attached hydrogen (secondary N) is 1. The minimum absolute atomic E-state index is 0.310. The summed E-state index contributed by atoms with van der Waals surface area (Å²) in [6, 6.07) is 7.00. The van der Waals surface area contributed by atoms with E-state index in [4.69, 9.17) is 4.42 Å². The van der Waals surface area contributed by atoms with Gasteiger partial charge in [-0.25, -0.2) is 4.79 Å². The number of aromatic amines is 1. The summed E-state index contributed by atoms with van der Waals surface area (Å²) in [4.78, 5) is 14.2. The van der Waals surface area contributed by atoms with Crippen molar-refractivity contribution in [2.75, 3.05) is 0 Å². The van der Waals surface area contributed by atoms with E-state index in [2.05, 4.69) is 4.98 Å². The van der Waals surface area contributed by atoms with E-state index < -0.39 is 0 Å². The SMILES string of the molecule is Cc1c[nH]c2ccc3oc(=O)ccc3c12. The van der Waals surface area contributed by atoms with Gasteiger partial charge in [-0.3, -0.25) is 0 Å². The van der Waals surface area contributed by atoms with Crippen LogP contribution in [0.2, 0.25) is 0 Å². The fourth-order valence-corrected chi connectivity index (χ4v) is 1.95. The van der Waals surface area contributed by atoms with Crippen LogP contribution in [0.15, 0.2) is 39.7 Å². The van der Waals surface area contributed by atoms with Crippen LogP contribution < -0.4 is 5.63 Å². The zero-order chi connectivity index (χ0) is 10.4. The highest BCUT2D eigenvalue weighted by molar-refractivity contribution is 6.06. The Morgan fingerprint density at radius 3 is 2.93 bits per heavy atom. The molecule has 0 saturated carbocycles. The largest absolute Gasteiger partial charge is 0.423 e. The topological polar surface area (TPSA) is 46.0 Å². The summed E-state index contributed by atoms with van der Waals surface area (Å²) >= 11 is 0. The molecule has 0 unspecified atom stereocenters. The smallest absolute Gasteiger partial charge is 0.336 e. The first kappa shape index (κ1) is 8.29. The van der Waals surface area contributed by atoms with Gasteiger partial charge in [0.1, 0.15) is 5.58 Å². The Hall–Kier alpha value is -2.03. The van der Waals surface area contributed by atoms with Crippen LogP contribution in [0.5, 0.6) is 0 Å². The molecule has 3 rings (SSSR count). The Balaban J connectivity index is 2.64. The third-order valence-electron chi connectivity index (χ3n) is 2.64. The summed E-state index contributed by atoms with van der Waals surface area (Å²) in [6.07, 6.45) is 1.95. The number of rotatable bonds is 0. The number of H-pyrrole nitrogens is 1. The zero-order valence-corrected chi connectivity index (χ0v) is 8.20. The van der Waals surface area contributed by atoms with Gasteiger partial charge in [0.05, 0.1) is 0 Å². The summed E-state index contributed by atoms with van der Waals surface area (Å²) < 4.78 is 5.12. The van der Waals surface area contributed by atoms with Crippen molar-refractivity contribution in [1.29, 1.82) is 0 Å². The number of benzene rings is 1. The number of hydrogen-bond donors (Lipinski definition) is 1. The Morgan fingerprint density at radius 1 is 1.20 bits per heavy atom. The van der Waals surface area contributed by atoms with E-state index in [1.807, 2.05) is 31.3 Å². The molecule has 1 aromatic carbocycles. The maximum atomic E-state index is 11.1. The van der Waals surface area contributed by atoms with Gasteiger partial charge in [-0.05, 0) is 30.7 Å². The third-order valence-corrected chi connectivity index (χ3v) is 2.64. The van der Waals surface area contributed by atoms with Crippen LogP contribution >= 0.6 is 0 Å². The van der Waals surface area contributed by atoms with Crippen molar-refractivity contribution >= 4 is 21.9 Å². The van der Waals surface area contributed by atoms with E-state index in [1.165, 1.54) is 6.07 Å². The van der Waals surface area contributed by atoms with Gasteiger partial charge in [0, 0.05) is 28.6 Å². The maximum absolute atomic E-state index is 11.1. The van der Waals surface area contributed by atoms with Gasteiger partial charge in [0.2, 0.25) is 0 Å². The van der Waals surface area contributed by atoms with Crippen LogP contribution in [0.1, 0.15) is 5.56 Å². The van der Waals surface area contributed by atoms with Crippen LogP contribution in [-0.2, 0) is 0 Å². The van der Waals surface area contributed by atoms with Gasteiger partial charge in [0.15, 0.2) is 0 Å². The number of aryl methyl sites for hydroxylation is 1. The molecule has 74 valence electrons. The summed E-state index contributed by atoms with van der Waals surface area (Å²) in [7, 11) is 0. The van der Waals surface area contributed by atoms with Gasteiger partial charge in [-0.1, -0.05) is 0 Å². The number of fused-ring (bicyclic) bond motifs is 3. The molecule has 2 aromatic heterocycles. The van der Waals surface area contributed by atoms with Gasteiger partial charge >= 0.3 is 5.63 Å². The first-order valence-electron chi connectivity index (χ1n) is 4.76. The van der Waals surface area contributed by atoms with Crippen molar-refractivity contribution < 1.29 is 4.42 Å². The van der Waals surface area contributed by atoms with Gasteiger partial charge in [-0.15, -0.1) is 0 Å². The summed E-state index contributed by atoms with van der Waals surface area (Å²) in [6.45, 7) is 2.03. The molecule has 0 bridgehead atoms. The molecular weight excluding hydrogens is 190 g/mol. The second kappa shape index (κ2) is 2.73. The van der Waals surface area contributed by atoms with Gasteiger partial charge in [-0.2, -0.15) is 0 Å². The molecule has 15 heavy (non-hydrogen) atoms. The van der Waals surface area contributed by atoms with E-state index in [0.717, 1.165) is 21.9 Å². The van der Waals surface area contributed by atoms with E-state index in [0.29, 0.717) is 5.58 Å². The summed E-state index contributed by atoms with van der Waals surface area (Å²) in [5, 5.41) is 2.10. The predicted molar refractivity (Wildman–Crippen MR) is 59.1 cm³/mol. The second-order valence-corrected chi connectivity index (χ2v) is 3.63. The molecule has 3 nitrogen and oxygen atoms in total. The first-order chi connectivity index (χ1) is 7.25. The molecule has 0 radical (unpaired) electrons. The van der Waals surface area contributed by atoms with E-state index in [1.54, 1.807) is 0 Å². The first-order valence-corrected chi connectivity index (χ1v) is 4.76. The predicted octanol–water partition coefficient (Wildman–Crippen LogP) is 2.58. The Kier molecular flexibility index (Phi) is 1.51. The highest BCUT2D eigenvalue weighted by Gasteiger charge is 2.05. The molecule has 0 aliphatic carbocycles. The molecule has 0 spiro atoms. The van der Waals surface area contributed by atoms with Gasteiger partial charge < -0.3 is 9.40 Å². The summed E-state index contributed by atoms with van der Waals surface area (Å²) in [5.74, 6) is 0. The lowest BCUT2D eigenvalue weighted by molar-refractivity contribution is 0.561. The molecule has 1 N–H and O–H groups in total. The molecule has 0 aliphatic rings. The lowest BCUT2D eigenvalue weighted by Crippen LogP contribution is -1.94. The van der Waals surface area contributed by atoms with Crippen molar-refractivity contribution in [3.63, 3.8) is 0 Å². The fraction of sp³-hybridized carbons (Fsp3) is 0.0833. The molecule has 2 heterocycles. The Labute approximate surface area is 85.3 Å². The maximum Gasteiger partial charge on any atom is 0.336 e. The minimum atomic E-state index is -0.310. The molecule has 0 aliphatic heterocycles. The molecule has 0 saturated heterocycles. The van der Waals surface area contributed by atoms with E-state index in [-0.39, 0.29) is 5.63 Å². The van der Waals surface area contributed by atoms with Crippen molar-refractivity contribution in [3.8, 4) is 0 Å². The molecule has 3 aromatic rings. The van der Waals surface area contributed by atoms with Crippen LogP contribution in [0, 0.1) is 6.92 Å². The average molecular weight is 199 g/mol. The molecule has 3 heteroatoms. The number of aromatic nitrogens is 1. The monoisotopic (exact) mass is 199 g/mol. The second-order valence-electron chi connectivity index (χ2n) is 3.63. The van der Waals surface area contributed by atoms with Crippen LogP contribution in [-0.4, -0.2) is 4.98 Å². The van der Waals surface area contributed by atoms with Crippen molar-refractivity contribution in [1.82, 2.24) is 4.98 Å². The zero-order valence-electron chi connectivity index (χ0n) is 8.20. The van der Waals surface area contributed by atoms with Crippen molar-refractivity contribution in [2.24, 2.45) is 0 Å². The summed E-state index contributed by atoms with van der Waals surface area (Å²) in [5.41, 5.74) is 2.55. The molecule has 0 atom stereocenters. The van der Waals surface area contributed by atoms with Crippen LogP contribution in [0.25, 0.3) is 21.9 Å². The highest BCUT2D eigenvalue weighted by atomic mass is 16.4. The quantitative estimate of drug-likeness (QED) is 0.565.